The van der Waals surface area contributed by atoms with Gasteiger partial charge in [0, 0.05) is 18.3 Å². The lowest BCUT2D eigenvalue weighted by Crippen LogP contribution is -2.29. The molecule has 1 saturated heterocycles. The number of ether oxygens (including phenoxy) is 1. The molecule has 5 nitrogen and oxygen atoms in total. The summed E-state index contributed by atoms with van der Waals surface area (Å²) in [5.41, 5.74) is 1.05. The molecule has 0 spiro atoms. The van der Waals surface area contributed by atoms with Crippen molar-refractivity contribution in [1.29, 1.82) is 0 Å². The zero-order valence-corrected chi connectivity index (χ0v) is 15.3. The molecule has 1 N–H and O–H groups in total. The number of rotatable bonds is 8. The van der Waals surface area contributed by atoms with E-state index in [1.54, 1.807) is 0 Å². The summed E-state index contributed by atoms with van der Waals surface area (Å²) < 4.78 is 5.60. The fourth-order valence-corrected chi connectivity index (χ4v) is 3.62. The van der Waals surface area contributed by atoms with E-state index in [0.29, 0.717) is 24.6 Å². The van der Waals surface area contributed by atoms with E-state index in [9.17, 15) is 4.79 Å². The lowest BCUT2D eigenvalue weighted by atomic mass is 10.1. The molecule has 1 amide bonds. The van der Waals surface area contributed by atoms with Crippen LogP contribution in [0, 0.1) is 0 Å². The number of amides is 1. The van der Waals surface area contributed by atoms with Crippen LogP contribution in [0.4, 0.5) is 5.13 Å². The molecule has 134 valence electrons. The SMILES string of the molecule is O=C(CCCOc1ccccc1)Nc1nc(CN2CCCCC2)cs1. The van der Waals surface area contributed by atoms with Crippen molar-refractivity contribution in [2.75, 3.05) is 25.0 Å². The van der Waals surface area contributed by atoms with Gasteiger partial charge >= 0.3 is 0 Å². The molecule has 0 unspecified atom stereocenters. The van der Waals surface area contributed by atoms with Crippen molar-refractivity contribution in [2.24, 2.45) is 0 Å². The number of hydrogen-bond acceptors (Lipinski definition) is 5. The second kappa shape index (κ2) is 9.53. The fraction of sp³-hybridized carbons (Fsp3) is 0.474. The third kappa shape index (κ3) is 6.14. The van der Waals surface area contributed by atoms with Gasteiger partial charge in [0.1, 0.15) is 5.75 Å². The minimum absolute atomic E-state index is 0.00414. The van der Waals surface area contributed by atoms with Crippen LogP contribution in [0.3, 0.4) is 0 Å². The molecule has 3 rings (SSSR count). The number of aromatic nitrogens is 1. The first kappa shape index (κ1) is 17.9. The number of likely N-dealkylation sites (tertiary alicyclic amines) is 1. The first-order valence-corrected chi connectivity index (χ1v) is 9.82. The molecule has 25 heavy (non-hydrogen) atoms. The van der Waals surface area contributed by atoms with Crippen molar-refractivity contribution in [3.8, 4) is 5.75 Å². The van der Waals surface area contributed by atoms with E-state index >= 15 is 0 Å². The van der Waals surface area contributed by atoms with Crippen LogP contribution >= 0.6 is 11.3 Å². The number of hydrogen-bond donors (Lipinski definition) is 1. The van der Waals surface area contributed by atoms with Gasteiger partial charge in [0.2, 0.25) is 5.91 Å². The standard InChI is InChI=1S/C19H25N3O2S/c23-18(10-7-13-24-17-8-3-1-4-9-17)21-19-20-16(15-25-19)14-22-11-5-2-6-12-22/h1,3-4,8-9,15H,2,5-7,10-14H2,(H,20,21,23). The molecular weight excluding hydrogens is 334 g/mol. The Hall–Kier alpha value is -1.92. The maximum atomic E-state index is 12.0. The van der Waals surface area contributed by atoms with E-state index in [0.717, 1.165) is 31.1 Å². The Morgan fingerprint density at radius 3 is 2.80 bits per heavy atom. The number of para-hydroxylation sites is 1. The van der Waals surface area contributed by atoms with E-state index in [1.807, 2.05) is 35.7 Å². The predicted molar refractivity (Wildman–Crippen MR) is 101 cm³/mol. The largest absolute Gasteiger partial charge is 0.494 e. The first-order valence-electron chi connectivity index (χ1n) is 8.94. The molecular formula is C19H25N3O2S. The van der Waals surface area contributed by atoms with Crippen molar-refractivity contribution in [3.63, 3.8) is 0 Å². The number of nitrogens with one attached hydrogen (secondary N) is 1. The number of nitrogens with zero attached hydrogens (tertiary/aromatic N) is 2. The average Bonchev–Trinajstić information content (AvgIpc) is 3.07. The number of carbonyl (C=O) groups excluding carboxylic acids is 1. The van der Waals surface area contributed by atoms with E-state index in [-0.39, 0.29) is 5.91 Å². The highest BCUT2D eigenvalue weighted by Gasteiger charge is 2.13. The van der Waals surface area contributed by atoms with Gasteiger partial charge in [-0.05, 0) is 44.5 Å². The third-order valence-corrected chi connectivity index (χ3v) is 5.00. The highest BCUT2D eigenvalue weighted by atomic mass is 32.1. The smallest absolute Gasteiger partial charge is 0.226 e. The lowest BCUT2D eigenvalue weighted by molar-refractivity contribution is -0.116. The Kier molecular flexibility index (Phi) is 6.82. The third-order valence-electron chi connectivity index (χ3n) is 4.19. The maximum Gasteiger partial charge on any atom is 0.226 e. The molecule has 0 saturated carbocycles. The first-order chi connectivity index (χ1) is 12.3. The average molecular weight is 359 g/mol. The van der Waals surface area contributed by atoms with Crippen LogP contribution in [-0.2, 0) is 11.3 Å². The zero-order valence-electron chi connectivity index (χ0n) is 14.4. The molecule has 0 radical (unpaired) electrons. The second-order valence-electron chi connectivity index (χ2n) is 6.29. The van der Waals surface area contributed by atoms with Gasteiger partial charge in [0.15, 0.2) is 5.13 Å². The summed E-state index contributed by atoms with van der Waals surface area (Å²) in [6.07, 6.45) is 5.01. The molecule has 0 atom stereocenters. The summed E-state index contributed by atoms with van der Waals surface area (Å²) in [5, 5.41) is 5.63. The molecule has 1 aromatic carbocycles. The molecule has 1 fully saturated rings. The predicted octanol–water partition coefficient (Wildman–Crippen LogP) is 3.93. The van der Waals surface area contributed by atoms with Crippen LogP contribution in [0.5, 0.6) is 5.75 Å². The highest BCUT2D eigenvalue weighted by molar-refractivity contribution is 7.13. The Balaban J connectivity index is 1.35. The van der Waals surface area contributed by atoms with Gasteiger partial charge in [0.25, 0.3) is 0 Å². The van der Waals surface area contributed by atoms with Gasteiger partial charge in [-0.3, -0.25) is 9.69 Å². The number of anilines is 1. The Bertz CT molecular complexity index is 654. The van der Waals surface area contributed by atoms with Gasteiger partial charge in [-0.1, -0.05) is 24.6 Å². The minimum Gasteiger partial charge on any atom is -0.494 e. The van der Waals surface area contributed by atoms with Crippen molar-refractivity contribution < 1.29 is 9.53 Å². The number of thiazole rings is 1. The number of carbonyl (C=O) groups is 1. The van der Waals surface area contributed by atoms with E-state index < -0.39 is 0 Å². The van der Waals surface area contributed by atoms with Crippen LogP contribution in [-0.4, -0.2) is 35.5 Å². The van der Waals surface area contributed by atoms with Crippen molar-refractivity contribution >= 4 is 22.4 Å². The van der Waals surface area contributed by atoms with Crippen LogP contribution in [0.2, 0.25) is 0 Å². The summed E-state index contributed by atoms with van der Waals surface area (Å²) in [5.74, 6) is 0.834. The van der Waals surface area contributed by atoms with Crippen LogP contribution < -0.4 is 10.1 Å². The fourth-order valence-electron chi connectivity index (χ4n) is 2.90. The quantitative estimate of drug-likeness (QED) is 0.726. The maximum absolute atomic E-state index is 12.0. The lowest BCUT2D eigenvalue weighted by Gasteiger charge is -2.25. The minimum atomic E-state index is -0.00414. The topological polar surface area (TPSA) is 54.5 Å². The Morgan fingerprint density at radius 1 is 1.20 bits per heavy atom. The molecule has 1 aliphatic rings. The Labute approximate surface area is 153 Å². The summed E-state index contributed by atoms with van der Waals surface area (Å²) >= 11 is 1.50. The molecule has 1 aliphatic heterocycles. The van der Waals surface area contributed by atoms with Crippen LogP contribution in [0.25, 0.3) is 0 Å². The Morgan fingerprint density at radius 2 is 2.00 bits per heavy atom. The molecule has 0 bridgehead atoms. The second-order valence-corrected chi connectivity index (χ2v) is 7.15. The molecule has 2 aromatic rings. The summed E-state index contributed by atoms with van der Waals surface area (Å²) in [4.78, 5) is 19.0. The normalized spacial score (nSPS) is 15.0. The van der Waals surface area contributed by atoms with E-state index in [1.165, 1.54) is 30.6 Å². The van der Waals surface area contributed by atoms with Gasteiger partial charge < -0.3 is 10.1 Å². The molecule has 6 heteroatoms. The van der Waals surface area contributed by atoms with Crippen LogP contribution in [0.15, 0.2) is 35.7 Å². The molecule has 1 aromatic heterocycles. The van der Waals surface area contributed by atoms with Crippen molar-refractivity contribution in [3.05, 3.63) is 41.4 Å². The van der Waals surface area contributed by atoms with Crippen molar-refractivity contribution in [1.82, 2.24) is 9.88 Å². The summed E-state index contributed by atoms with van der Waals surface area (Å²) in [7, 11) is 0. The van der Waals surface area contributed by atoms with Gasteiger partial charge in [-0.15, -0.1) is 11.3 Å². The summed E-state index contributed by atoms with van der Waals surface area (Å²) in [6.45, 7) is 3.73. The van der Waals surface area contributed by atoms with E-state index in [4.69, 9.17) is 4.74 Å². The molecule has 2 heterocycles. The number of piperidine rings is 1. The van der Waals surface area contributed by atoms with Gasteiger partial charge in [-0.25, -0.2) is 4.98 Å². The van der Waals surface area contributed by atoms with Gasteiger partial charge in [0.05, 0.1) is 12.3 Å². The monoisotopic (exact) mass is 359 g/mol. The van der Waals surface area contributed by atoms with Crippen molar-refractivity contribution in [2.45, 2.75) is 38.6 Å². The van der Waals surface area contributed by atoms with Gasteiger partial charge in [-0.2, -0.15) is 0 Å². The summed E-state index contributed by atoms with van der Waals surface area (Å²) in [6, 6.07) is 9.66. The highest BCUT2D eigenvalue weighted by Crippen LogP contribution is 2.19. The van der Waals surface area contributed by atoms with E-state index in [2.05, 4.69) is 15.2 Å². The molecule has 0 aliphatic carbocycles. The zero-order chi connectivity index (χ0) is 17.3. The van der Waals surface area contributed by atoms with Crippen LogP contribution in [0.1, 0.15) is 37.8 Å². The number of benzene rings is 1.